The van der Waals surface area contributed by atoms with Gasteiger partial charge in [-0.1, -0.05) is 32.0 Å². The summed E-state index contributed by atoms with van der Waals surface area (Å²) in [4.78, 5) is 12.2. The number of thiocarbonyl (C=S) groups is 1. The van der Waals surface area contributed by atoms with Gasteiger partial charge < -0.3 is 10.1 Å². The van der Waals surface area contributed by atoms with Crippen LogP contribution in [-0.2, 0) is 0 Å². The topological polar surface area (TPSA) is 50.4 Å². The minimum atomic E-state index is -1.88. The fourth-order valence-electron chi connectivity index (χ4n) is 2.57. The van der Waals surface area contributed by atoms with Gasteiger partial charge in [-0.2, -0.15) is 8.78 Å². The molecule has 0 aromatic heterocycles. The van der Waals surface area contributed by atoms with E-state index in [0.717, 1.165) is 19.1 Å². The first kappa shape index (κ1) is 21.6. The van der Waals surface area contributed by atoms with Crippen molar-refractivity contribution in [2.24, 2.45) is 0 Å². The number of halogens is 4. The van der Waals surface area contributed by atoms with Crippen LogP contribution in [0.2, 0.25) is 0 Å². The molecule has 2 aromatic carbocycles. The molecule has 1 atom stereocenters. The van der Waals surface area contributed by atoms with Gasteiger partial charge in [-0.3, -0.25) is 10.1 Å². The normalized spacial score (nSPS) is 11.7. The van der Waals surface area contributed by atoms with Gasteiger partial charge in [0.15, 0.2) is 22.5 Å². The number of methoxy groups -OCH3 is 1. The molecule has 0 bridgehead atoms. The minimum absolute atomic E-state index is 0.182. The smallest absolute Gasteiger partial charge is 0.263 e. The summed E-state index contributed by atoms with van der Waals surface area (Å²) in [7, 11) is 0.841. The second-order valence-corrected chi connectivity index (χ2v) is 6.38. The van der Waals surface area contributed by atoms with Gasteiger partial charge in [-0.25, -0.2) is 8.78 Å². The molecule has 0 heterocycles. The first-order valence-corrected chi connectivity index (χ1v) is 8.74. The molecule has 0 saturated carbocycles. The van der Waals surface area contributed by atoms with Crippen LogP contribution in [0.15, 0.2) is 24.3 Å². The summed E-state index contributed by atoms with van der Waals surface area (Å²) in [5.74, 6) is -9.89. The Bertz CT molecular complexity index is 892. The van der Waals surface area contributed by atoms with Crippen molar-refractivity contribution in [3.63, 3.8) is 0 Å². The molecule has 0 unspecified atom stereocenters. The SMILES string of the molecule is CC[C@@H](C)c1ccccc1NC(=S)NC(=O)c1c(F)c(F)c(OC)c(F)c1F. The van der Waals surface area contributed by atoms with Crippen molar-refractivity contribution in [2.45, 2.75) is 26.2 Å². The highest BCUT2D eigenvalue weighted by atomic mass is 32.1. The lowest BCUT2D eigenvalue weighted by Gasteiger charge is -2.17. The number of ether oxygens (including phenoxy) is 1. The highest BCUT2D eigenvalue weighted by Gasteiger charge is 2.30. The average molecular weight is 414 g/mol. The highest BCUT2D eigenvalue weighted by Crippen LogP contribution is 2.30. The van der Waals surface area contributed by atoms with E-state index < -0.39 is 40.5 Å². The maximum atomic E-state index is 14.0. The predicted octanol–water partition coefficient (Wildman–Crippen LogP) is 4.89. The summed E-state index contributed by atoms with van der Waals surface area (Å²) < 4.78 is 60.0. The number of hydrogen-bond donors (Lipinski definition) is 2. The molecule has 4 nitrogen and oxygen atoms in total. The summed E-state index contributed by atoms with van der Waals surface area (Å²) in [6, 6.07) is 7.16. The van der Waals surface area contributed by atoms with Gasteiger partial charge in [0.2, 0.25) is 11.6 Å². The zero-order valence-corrected chi connectivity index (χ0v) is 16.1. The van der Waals surface area contributed by atoms with Crippen LogP contribution in [0.5, 0.6) is 5.75 Å². The van der Waals surface area contributed by atoms with E-state index in [9.17, 15) is 22.4 Å². The van der Waals surface area contributed by atoms with Gasteiger partial charge >= 0.3 is 0 Å². The third-order valence-electron chi connectivity index (χ3n) is 4.23. The standard InChI is InChI=1S/C19H18F4N2O2S/c1-4-9(2)10-7-5-6-8-11(10)24-19(28)25-18(26)12-13(20)15(22)17(27-3)16(23)14(12)21/h5-9H,4H2,1-3H3,(H2,24,25,26,28)/t9-/m1/s1. The Hall–Kier alpha value is -2.68. The summed E-state index contributed by atoms with van der Waals surface area (Å²) in [6.07, 6.45) is 0.846. The lowest BCUT2D eigenvalue weighted by molar-refractivity contribution is 0.0966. The van der Waals surface area contributed by atoms with E-state index in [0.29, 0.717) is 5.69 Å². The molecule has 2 aromatic rings. The molecule has 150 valence electrons. The number of para-hydroxylation sites is 1. The predicted molar refractivity (Wildman–Crippen MR) is 102 cm³/mol. The Balaban J connectivity index is 2.27. The second kappa shape index (κ2) is 9.01. The molecule has 28 heavy (non-hydrogen) atoms. The zero-order valence-electron chi connectivity index (χ0n) is 15.3. The zero-order chi connectivity index (χ0) is 21.0. The van der Waals surface area contributed by atoms with Crippen molar-refractivity contribution in [2.75, 3.05) is 12.4 Å². The average Bonchev–Trinajstić information content (AvgIpc) is 2.66. The third-order valence-corrected chi connectivity index (χ3v) is 4.44. The molecule has 0 radical (unpaired) electrons. The number of carbonyl (C=O) groups excluding carboxylic acids is 1. The monoisotopic (exact) mass is 414 g/mol. The Morgan fingerprint density at radius 3 is 2.21 bits per heavy atom. The fourth-order valence-corrected chi connectivity index (χ4v) is 2.77. The van der Waals surface area contributed by atoms with Gasteiger partial charge in [0.1, 0.15) is 5.56 Å². The molecule has 0 aliphatic heterocycles. The highest BCUT2D eigenvalue weighted by molar-refractivity contribution is 7.80. The van der Waals surface area contributed by atoms with E-state index >= 15 is 0 Å². The molecule has 0 fully saturated rings. The number of rotatable bonds is 5. The van der Waals surface area contributed by atoms with E-state index in [-0.39, 0.29) is 11.0 Å². The molecule has 9 heteroatoms. The summed E-state index contributed by atoms with van der Waals surface area (Å²) >= 11 is 5.00. The van der Waals surface area contributed by atoms with Gasteiger partial charge in [0, 0.05) is 5.69 Å². The molecule has 0 saturated heterocycles. The quantitative estimate of drug-likeness (QED) is 0.416. The van der Waals surface area contributed by atoms with Gasteiger partial charge in [-0.15, -0.1) is 0 Å². The number of carbonyl (C=O) groups is 1. The summed E-state index contributed by atoms with van der Waals surface area (Å²) in [5, 5.41) is 4.51. The summed E-state index contributed by atoms with van der Waals surface area (Å²) in [5.41, 5.74) is 0.0749. The number of amides is 1. The molecular formula is C19H18F4N2O2S. The number of nitrogens with one attached hydrogen (secondary N) is 2. The number of hydrogen-bond acceptors (Lipinski definition) is 3. The van der Waals surface area contributed by atoms with E-state index in [1.807, 2.05) is 31.3 Å². The number of anilines is 1. The van der Waals surface area contributed by atoms with Crippen LogP contribution in [0, 0.1) is 23.3 Å². The molecular weight excluding hydrogens is 396 g/mol. The molecule has 2 N–H and O–H groups in total. The largest absolute Gasteiger partial charge is 0.491 e. The van der Waals surface area contributed by atoms with Crippen LogP contribution < -0.4 is 15.4 Å². The maximum Gasteiger partial charge on any atom is 0.263 e. The lowest BCUT2D eigenvalue weighted by atomic mass is 9.97. The van der Waals surface area contributed by atoms with Crippen molar-refractivity contribution >= 4 is 28.9 Å². The van der Waals surface area contributed by atoms with Crippen LogP contribution in [0.3, 0.4) is 0 Å². The van der Waals surface area contributed by atoms with Gasteiger partial charge in [0.05, 0.1) is 7.11 Å². The van der Waals surface area contributed by atoms with Crippen LogP contribution >= 0.6 is 12.2 Å². The van der Waals surface area contributed by atoms with Gasteiger partial charge in [-0.05, 0) is 36.2 Å². The van der Waals surface area contributed by atoms with E-state index in [1.54, 1.807) is 12.1 Å². The first-order valence-electron chi connectivity index (χ1n) is 8.34. The first-order chi connectivity index (χ1) is 13.2. The molecule has 2 rings (SSSR count). The fraction of sp³-hybridized carbons (Fsp3) is 0.263. The molecule has 0 aliphatic rings. The molecule has 1 amide bonds. The van der Waals surface area contributed by atoms with Crippen LogP contribution in [-0.4, -0.2) is 18.1 Å². The summed E-state index contributed by atoms with van der Waals surface area (Å²) in [6.45, 7) is 4.00. The van der Waals surface area contributed by atoms with Crippen molar-refractivity contribution in [3.05, 3.63) is 58.7 Å². The van der Waals surface area contributed by atoms with Crippen molar-refractivity contribution < 1.29 is 27.1 Å². The Labute approximate surface area is 164 Å². The van der Waals surface area contributed by atoms with Crippen molar-refractivity contribution in [1.29, 1.82) is 0 Å². The van der Waals surface area contributed by atoms with Crippen molar-refractivity contribution in [3.8, 4) is 5.75 Å². The minimum Gasteiger partial charge on any atom is -0.491 e. The lowest BCUT2D eigenvalue weighted by Crippen LogP contribution is -2.36. The Morgan fingerprint density at radius 2 is 1.68 bits per heavy atom. The Morgan fingerprint density at radius 1 is 1.11 bits per heavy atom. The molecule has 0 aliphatic carbocycles. The second-order valence-electron chi connectivity index (χ2n) is 5.97. The Kier molecular flexibility index (Phi) is 6.95. The van der Waals surface area contributed by atoms with E-state index in [1.165, 1.54) is 0 Å². The van der Waals surface area contributed by atoms with E-state index in [4.69, 9.17) is 12.2 Å². The van der Waals surface area contributed by atoms with Crippen LogP contribution in [0.1, 0.15) is 42.1 Å². The van der Waals surface area contributed by atoms with Crippen LogP contribution in [0.4, 0.5) is 23.2 Å². The molecule has 0 spiro atoms. The van der Waals surface area contributed by atoms with Gasteiger partial charge in [0.25, 0.3) is 5.91 Å². The maximum absolute atomic E-state index is 14.0. The van der Waals surface area contributed by atoms with Crippen LogP contribution in [0.25, 0.3) is 0 Å². The van der Waals surface area contributed by atoms with E-state index in [2.05, 4.69) is 10.1 Å². The van der Waals surface area contributed by atoms with Crippen molar-refractivity contribution in [1.82, 2.24) is 5.32 Å². The number of benzene rings is 2. The third kappa shape index (κ3) is 4.24.